The molecule has 0 aliphatic heterocycles. The molecule has 0 radical (unpaired) electrons. The molecule has 1 heterocycles. The second-order valence-corrected chi connectivity index (χ2v) is 4.24. The Balaban J connectivity index is 2.18. The molecule has 16 heavy (non-hydrogen) atoms. The lowest BCUT2D eigenvalue weighted by Gasteiger charge is -2.08. The molecule has 0 aliphatic rings. The zero-order valence-electron chi connectivity index (χ0n) is 10.2. The molecule has 0 fully saturated rings. The Bertz CT molecular complexity index is 332. The van der Waals surface area contributed by atoms with Crippen molar-refractivity contribution in [3.63, 3.8) is 0 Å². The van der Waals surface area contributed by atoms with Crippen LogP contribution in [0.2, 0.25) is 0 Å². The van der Waals surface area contributed by atoms with E-state index in [-0.39, 0.29) is 6.03 Å². The number of aryl methyl sites for hydroxylation is 1. The second-order valence-electron chi connectivity index (χ2n) is 4.24. The number of hydrogen-bond donors (Lipinski definition) is 2. The summed E-state index contributed by atoms with van der Waals surface area (Å²) < 4.78 is 1.74. The Morgan fingerprint density at radius 2 is 2.25 bits per heavy atom. The van der Waals surface area contributed by atoms with Gasteiger partial charge in [0.05, 0.1) is 12.2 Å². The lowest BCUT2D eigenvalue weighted by molar-refractivity contribution is 0.239. The summed E-state index contributed by atoms with van der Waals surface area (Å²) in [7, 11) is 1.85. The number of urea groups is 1. The quantitative estimate of drug-likeness (QED) is 0.791. The Kier molecular flexibility index (Phi) is 4.82. The standard InChI is InChI=1S/C11H20N4O/c1-9(2)4-6-12-11(16)13-8-10-5-7-14-15(10)3/h5,7,9H,4,6,8H2,1-3H3,(H2,12,13,16). The van der Waals surface area contributed by atoms with Gasteiger partial charge in [0.2, 0.25) is 0 Å². The highest BCUT2D eigenvalue weighted by atomic mass is 16.2. The third-order valence-corrected chi connectivity index (χ3v) is 2.36. The number of aromatic nitrogens is 2. The molecule has 5 heteroatoms. The maximum atomic E-state index is 11.4. The topological polar surface area (TPSA) is 59.0 Å². The minimum absolute atomic E-state index is 0.123. The molecular formula is C11H20N4O. The molecule has 2 N–H and O–H groups in total. The van der Waals surface area contributed by atoms with Gasteiger partial charge in [0.1, 0.15) is 0 Å². The fourth-order valence-corrected chi connectivity index (χ4v) is 1.28. The van der Waals surface area contributed by atoms with Crippen molar-refractivity contribution in [2.75, 3.05) is 6.54 Å². The normalized spacial score (nSPS) is 10.5. The second kappa shape index (κ2) is 6.15. The first-order valence-corrected chi connectivity index (χ1v) is 5.58. The van der Waals surface area contributed by atoms with E-state index in [9.17, 15) is 4.79 Å². The molecule has 0 bridgehead atoms. The lowest BCUT2D eigenvalue weighted by atomic mass is 10.1. The number of carbonyl (C=O) groups is 1. The predicted octanol–water partition coefficient (Wildman–Crippen LogP) is 1.27. The van der Waals surface area contributed by atoms with Gasteiger partial charge < -0.3 is 10.6 Å². The summed E-state index contributed by atoms with van der Waals surface area (Å²) in [5, 5.41) is 9.63. The van der Waals surface area contributed by atoms with Crippen LogP contribution in [-0.2, 0) is 13.6 Å². The van der Waals surface area contributed by atoms with Crippen molar-refractivity contribution in [3.8, 4) is 0 Å². The molecule has 0 aliphatic carbocycles. The zero-order valence-corrected chi connectivity index (χ0v) is 10.2. The third kappa shape index (κ3) is 4.33. The molecule has 2 amide bonds. The van der Waals surface area contributed by atoms with Crippen molar-refractivity contribution in [2.45, 2.75) is 26.8 Å². The van der Waals surface area contributed by atoms with Gasteiger partial charge in [-0.3, -0.25) is 4.68 Å². The maximum absolute atomic E-state index is 11.4. The van der Waals surface area contributed by atoms with Crippen molar-refractivity contribution in [1.82, 2.24) is 20.4 Å². The first-order chi connectivity index (χ1) is 7.59. The fraction of sp³-hybridized carbons (Fsp3) is 0.636. The number of nitrogens with one attached hydrogen (secondary N) is 2. The van der Waals surface area contributed by atoms with E-state index in [2.05, 4.69) is 29.6 Å². The third-order valence-electron chi connectivity index (χ3n) is 2.36. The predicted molar refractivity (Wildman–Crippen MR) is 62.9 cm³/mol. The number of carbonyl (C=O) groups excluding carboxylic acids is 1. The van der Waals surface area contributed by atoms with E-state index in [1.54, 1.807) is 10.9 Å². The summed E-state index contributed by atoms with van der Waals surface area (Å²) >= 11 is 0. The van der Waals surface area contributed by atoms with E-state index < -0.39 is 0 Å². The molecule has 0 unspecified atom stereocenters. The summed E-state index contributed by atoms with van der Waals surface area (Å²) in [6.45, 7) is 5.49. The van der Waals surface area contributed by atoms with Gasteiger partial charge in [-0.25, -0.2) is 4.79 Å². The SMILES string of the molecule is CC(C)CCNC(=O)NCc1ccnn1C. The van der Waals surface area contributed by atoms with Crippen molar-refractivity contribution in [1.29, 1.82) is 0 Å². The van der Waals surface area contributed by atoms with Crippen LogP contribution < -0.4 is 10.6 Å². The fourth-order valence-electron chi connectivity index (χ4n) is 1.28. The van der Waals surface area contributed by atoms with Crippen LogP contribution in [0.5, 0.6) is 0 Å². The van der Waals surface area contributed by atoms with Gasteiger partial charge in [-0.2, -0.15) is 5.10 Å². The van der Waals surface area contributed by atoms with E-state index in [0.29, 0.717) is 12.5 Å². The van der Waals surface area contributed by atoms with Gasteiger partial charge in [0, 0.05) is 19.8 Å². The van der Waals surface area contributed by atoms with Crippen LogP contribution in [0.25, 0.3) is 0 Å². The average Bonchev–Trinajstić information content (AvgIpc) is 2.60. The Hall–Kier alpha value is -1.52. The summed E-state index contributed by atoms with van der Waals surface area (Å²) in [6, 6.07) is 1.76. The lowest BCUT2D eigenvalue weighted by Crippen LogP contribution is -2.36. The van der Waals surface area contributed by atoms with Crippen molar-refractivity contribution in [3.05, 3.63) is 18.0 Å². The van der Waals surface area contributed by atoms with Crippen LogP contribution in [0.3, 0.4) is 0 Å². The van der Waals surface area contributed by atoms with Gasteiger partial charge >= 0.3 is 6.03 Å². The van der Waals surface area contributed by atoms with E-state index in [1.807, 2.05) is 13.1 Å². The molecule has 0 atom stereocenters. The smallest absolute Gasteiger partial charge is 0.315 e. The van der Waals surface area contributed by atoms with Gasteiger partial charge in [0.15, 0.2) is 0 Å². The van der Waals surface area contributed by atoms with E-state index in [1.165, 1.54) is 0 Å². The van der Waals surface area contributed by atoms with Gasteiger partial charge in [-0.15, -0.1) is 0 Å². The Morgan fingerprint density at radius 1 is 1.50 bits per heavy atom. The molecule has 1 rings (SSSR count). The van der Waals surface area contributed by atoms with Crippen LogP contribution in [0.1, 0.15) is 26.0 Å². The minimum atomic E-state index is -0.123. The zero-order chi connectivity index (χ0) is 12.0. The minimum Gasteiger partial charge on any atom is -0.338 e. The van der Waals surface area contributed by atoms with Crippen LogP contribution in [-0.4, -0.2) is 22.4 Å². The maximum Gasteiger partial charge on any atom is 0.315 e. The Morgan fingerprint density at radius 3 is 2.81 bits per heavy atom. The highest BCUT2D eigenvalue weighted by Crippen LogP contribution is 1.97. The number of amides is 2. The van der Waals surface area contributed by atoms with E-state index in [0.717, 1.165) is 18.7 Å². The average molecular weight is 224 g/mol. The molecule has 0 aromatic carbocycles. The van der Waals surface area contributed by atoms with E-state index >= 15 is 0 Å². The first-order valence-electron chi connectivity index (χ1n) is 5.58. The highest BCUT2D eigenvalue weighted by molar-refractivity contribution is 5.73. The Labute approximate surface area is 96.2 Å². The monoisotopic (exact) mass is 224 g/mol. The molecule has 0 spiro atoms. The number of hydrogen-bond acceptors (Lipinski definition) is 2. The van der Waals surface area contributed by atoms with Gasteiger partial charge in [-0.05, 0) is 18.4 Å². The molecule has 0 saturated carbocycles. The molecule has 90 valence electrons. The van der Waals surface area contributed by atoms with Crippen molar-refractivity contribution >= 4 is 6.03 Å². The van der Waals surface area contributed by atoms with Crippen molar-refractivity contribution in [2.24, 2.45) is 13.0 Å². The van der Waals surface area contributed by atoms with Crippen molar-refractivity contribution < 1.29 is 4.79 Å². The number of nitrogens with zero attached hydrogens (tertiary/aromatic N) is 2. The largest absolute Gasteiger partial charge is 0.338 e. The summed E-state index contributed by atoms with van der Waals surface area (Å²) in [4.78, 5) is 11.4. The molecular weight excluding hydrogens is 204 g/mol. The molecule has 1 aromatic rings. The van der Waals surface area contributed by atoms with Crippen LogP contribution in [0, 0.1) is 5.92 Å². The molecule has 5 nitrogen and oxygen atoms in total. The molecule has 0 saturated heterocycles. The van der Waals surface area contributed by atoms with E-state index in [4.69, 9.17) is 0 Å². The van der Waals surface area contributed by atoms with Gasteiger partial charge in [-0.1, -0.05) is 13.8 Å². The first kappa shape index (κ1) is 12.5. The highest BCUT2D eigenvalue weighted by Gasteiger charge is 2.02. The summed E-state index contributed by atoms with van der Waals surface area (Å²) in [5.41, 5.74) is 0.985. The summed E-state index contributed by atoms with van der Waals surface area (Å²) in [5.74, 6) is 0.609. The molecule has 1 aromatic heterocycles. The van der Waals surface area contributed by atoms with Gasteiger partial charge in [0.25, 0.3) is 0 Å². The van der Waals surface area contributed by atoms with Crippen LogP contribution >= 0.6 is 0 Å². The summed E-state index contributed by atoms with van der Waals surface area (Å²) in [6.07, 6.45) is 2.72. The van der Waals surface area contributed by atoms with Crippen LogP contribution in [0.15, 0.2) is 12.3 Å². The van der Waals surface area contributed by atoms with Crippen LogP contribution in [0.4, 0.5) is 4.79 Å². The number of rotatable bonds is 5.